The van der Waals surface area contributed by atoms with E-state index >= 15 is 0 Å². The summed E-state index contributed by atoms with van der Waals surface area (Å²) in [6.07, 6.45) is 0. The molecule has 0 unspecified atom stereocenters. The predicted molar refractivity (Wildman–Crippen MR) is 111 cm³/mol. The van der Waals surface area contributed by atoms with Crippen LogP contribution in [0.1, 0.15) is 31.2 Å². The number of carboxylic acids is 1. The van der Waals surface area contributed by atoms with Crippen molar-refractivity contribution in [3.8, 4) is 16.9 Å². The zero-order valence-corrected chi connectivity index (χ0v) is 17.5. The fraction of sp³-hybridized carbons (Fsp3) is 0.100. The summed E-state index contributed by atoms with van der Waals surface area (Å²) in [6, 6.07) is 13.3. The van der Waals surface area contributed by atoms with Crippen LogP contribution in [0, 0.1) is 3.57 Å². The fourth-order valence-corrected chi connectivity index (χ4v) is 3.48. The van der Waals surface area contributed by atoms with E-state index in [1.54, 1.807) is 36.4 Å². The van der Waals surface area contributed by atoms with E-state index in [2.05, 4.69) is 5.10 Å². The second-order valence-corrected chi connectivity index (χ2v) is 7.08. The van der Waals surface area contributed by atoms with Crippen LogP contribution in [0.4, 0.5) is 0 Å². The van der Waals surface area contributed by atoms with Crippen LogP contribution < -0.4 is 0 Å². The minimum absolute atomic E-state index is 0.0246. The first-order chi connectivity index (χ1) is 13.9. The number of halogens is 1. The number of hydrogen-bond donors (Lipinski definition) is 1. The SMILES string of the molecule is COC(=O)c1c(-c2cc(I)cc(C(=O)O)c2)nn(-c2ccccc2)c1C(=O)OC. The van der Waals surface area contributed by atoms with Crippen molar-refractivity contribution in [3.63, 3.8) is 0 Å². The number of aromatic nitrogens is 2. The van der Waals surface area contributed by atoms with Gasteiger partial charge in [0.2, 0.25) is 0 Å². The lowest BCUT2D eigenvalue weighted by Gasteiger charge is -2.07. The summed E-state index contributed by atoms with van der Waals surface area (Å²) in [6.45, 7) is 0. The maximum atomic E-state index is 12.6. The maximum Gasteiger partial charge on any atom is 0.357 e. The molecule has 2 aromatic carbocycles. The number of aromatic carboxylic acids is 1. The van der Waals surface area contributed by atoms with Crippen molar-refractivity contribution < 1.29 is 29.0 Å². The summed E-state index contributed by atoms with van der Waals surface area (Å²) in [5, 5.41) is 13.8. The summed E-state index contributed by atoms with van der Waals surface area (Å²) in [7, 11) is 2.38. The van der Waals surface area contributed by atoms with E-state index in [0.29, 0.717) is 14.8 Å². The van der Waals surface area contributed by atoms with E-state index in [1.165, 1.54) is 31.0 Å². The molecule has 1 N–H and O–H groups in total. The van der Waals surface area contributed by atoms with Crippen LogP contribution in [0.25, 0.3) is 16.9 Å². The zero-order valence-electron chi connectivity index (χ0n) is 15.4. The molecular weight excluding hydrogens is 491 g/mol. The lowest BCUT2D eigenvalue weighted by Crippen LogP contribution is -2.15. The van der Waals surface area contributed by atoms with Gasteiger partial charge in [0.25, 0.3) is 0 Å². The van der Waals surface area contributed by atoms with E-state index in [1.807, 2.05) is 22.6 Å². The van der Waals surface area contributed by atoms with Gasteiger partial charge in [-0.25, -0.2) is 19.1 Å². The molecule has 0 amide bonds. The minimum Gasteiger partial charge on any atom is -0.478 e. The van der Waals surface area contributed by atoms with Gasteiger partial charge in [0.15, 0.2) is 5.69 Å². The molecule has 1 heterocycles. The number of rotatable bonds is 5. The molecule has 1 aromatic heterocycles. The van der Waals surface area contributed by atoms with Gasteiger partial charge >= 0.3 is 17.9 Å². The smallest absolute Gasteiger partial charge is 0.357 e. The summed E-state index contributed by atoms with van der Waals surface area (Å²) in [5.41, 5.74) is 0.791. The summed E-state index contributed by atoms with van der Waals surface area (Å²) >= 11 is 1.97. The van der Waals surface area contributed by atoms with Crippen LogP contribution in [-0.2, 0) is 9.47 Å². The number of para-hydroxylation sites is 1. The summed E-state index contributed by atoms with van der Waals surface area (Å²) in [4.78, 5) is 36.6. The van der Waals surface area contributed by atoms with Crippen LogP contribution in [0.5, 0.6) is 0 Å². The zero-order chi connectivity index (χ0) is 21.1. The molecule has 3 rings (SSSR count). The van der Waals surface area contributed by atoms with Gasteiger partial charge in [-0.3, -0.25) is 0 Å². The van der Waals surface area contributed by atoms with Crippen molar-refractivity contribution in [2.75, 3.05) is 14.2 Å². The van der Waals surface area contributed by atoms with E-state index in [-0.39, 0.29) is 22.5 Å². The fourth-order valence-electron chi connectivity index (χ4n) is 2.81. The number of hydrogen-bond acceptors (Lipinski definition) is 6. The standard InChI is InChI=1S/C20H15IN2O6/c1-28-19(26)15-16(11-8-12(18(24)25)10-13(21)9-11)22-23(17(15)20(27)29-2)14-6-4-3-5-7-14/h3-10H,1-2H3,(H,24,25). The van der Waals surface area contributed by atoms with Gasteiger partial charge in [-0.15, -0.1) is 0 Å². The van der Waals surface area contributed by atoms with E-state index in [0.717, 1.165) is 0 Å². The molecule has 0 saturated carbocycles. The Morgan fingerprint density at radius 1 is 1.00 bits per heavy atom. The first-order valence-electron chi connectivity index (χ1n) is 8.26. The Morgan fingerprint density at radius 2 is 1.66 bits per heavy atom. The number of nitrogens with zero attached hydrogens (tertiary/aromatic N) is 2. The van der Waals surface area contributed by atoms with Gasteiger partial charge in [0, 0.05) is 9.13 Å². The molecule has 0 spiro atoms. The summed E-state index contributed by atoms with van der Waals surface area (Å²) in [5.74, 6) is -2.70. The topological polar surface area (TPSA) is 108 Å². The first-order valence-corrected chi connectivity index (χ1v) is 9.34. The Bertz CT molecular complexity index is 1110. The number of methoxy groups -OCH3 is 2. The third-order valence-corrected chi connectivity index (χ3v) is 4.70. The summed E-state index contributed by atoms with van der Waals surface area (Å²) < 4.78 is 11.7. The molecule has 0 fully saturated rings. The third kappa shape index (κ3) is 3.99. The van der Waals surface area contributed by atoms with Crippen molar-refractivity contribution in [1.82, 2.24) is 9.78 Å². The largest absolute Gasteiger partial charge is 0.478 e. The second-order valence-electron chi connectivity index (χ2n) is 5.84. The van der Waals surface area contributed by atoms with Crippen LogP contribution in [0.15, 0.2) is 48.5 Å². The molecule has 0 saturated heterocycles. The van der Waals surface area contributed by atoms with Crippen molar-refractivity contribution in [1.29, 1.82) is 0 Å². The van der Waals surface area contributed by atoms with Crippen molar-refractivity contribution in [2.24, 2.45) is 0 Å². The monoisotopic (exact) mass is 506 g/mol. The Kier molecular flexibility index (Phi) is 5.97. The lowest BCUT2D eigenvalue weighted by molar-refractivity contribution is 0.0549. The highest BCUT2D eigenvalue weighted by atomic mass is 127. The minimum atomic E-state index is -1.12. The average Bonchev–Trinajstić information content (AvgIpc) is 3.13. The molecule has 29 heavy (non-hydrogen) atoms. The van der Waals surface area contributed by atoms with Crippen LogP contribution in [0.3, 0.4) is 0 Å². The molecule has 0 aliphatic heterocycles. The van der Waals surface area contributed by atoms with E-state index in [9.17, 15) is 19.5 Å². The Balaban J connectivity index is 2.38. The number of carbonyl (C=O) groups excluding carboxylic acids is 2. The number of carboxylic acid groups (broad SMARTS) is 1. The predicted octanol–water partition coefficient (Wildman–Crippen LogP) is 3.42. The van der Waals surface area contributed by atoms with Crippen molar-refractivity contribution in [2.45, 2.75) is 0 Å². The van der Waals surface area contributed by atoms with Gasteiger partial charge < -0.3 is 14.6 Å². The molecule has 148 valence electrons. The highest BCUT2D eigenvalue weighted by Gasteiger charge is 2.31. The molecule has 0 aliphatic rings. The molecule has 0 aliphatic carbocycles. The first kappa shape index (κ1) is 20.5. The van der Waals surface area contributed by atoms with Crippen LogP contribution in [-0.4, -0.2) is 47.0 Å². The van der Waals surface area contributed by atoms with Gasteiger partial charge in [0.05, 0.1) is 25.5 Å². The average molecular weight is 506 g/mol. The van der Waals surface area contributed by atoms with Gasteiger partial charge in [-0.05, 0) is 52.9 Å². The van der Waals surface area contributed by atoms with E-state index in [4.69, 9.17) is 9.47 Å². The molecule has 3 aromatic rings. The molecule has 9 heteroatoms. The maximum absolute atomic E-state index is 12.6. The normalized spacial score (nSPS) is 10.4. The Morgan fingerprint density at radius 3 is 2.24 bits per heavy atom. The Labute approximate surface area is 179 Å². The highest BCUT2D eigenvalue weighted by molar-refractivity contribution is 14.1. The number of ether oxygens (including phenoxy) is 2. The number of esters is 2. The Hall–Kier alpha value is -3.21. The molecule has 0 bridgehead atoms. The second kappa shape index (κ2) is 8.43. The molecule has 0 radical (unpaired) electrons. The van der Waals surface area contributed by atoms with E-state index < -0.39 is 17.9 Å². The van der Waals surface area contributed by atoms with Crippen molar-refractivity contribution >= 4 is 40.5 Å². The highest BCUT2D eigenvalue weighted by Crippen LogP contribution is 2.31. The van der Waals surface area contributed by atoms with Gasteiger partial charge in [-0.1, -0.05) is 18.2 Å². The molecular formula is C20H15IN2O6. The van der Waals surface area contributed by atoms with Gasteiger partial charge in [-0.2, -0.15) is 5.10 Å². The molecule has 8 nitrogen and oxygen atoms in total. The third-order valence-electron chi connectivity index (χ3n) is 4.07. The van der Waals surface area contributed by atoms with Crippen LogP contribution >= 0.6 is 22.6 Å². The van der Waals surface area contributed by atoms with Gasteiger partial charge in [0.1, 0.15) is 11.3 Å². The number of benzene rings is 2. The lowest BCUT2D eigenvalue weighted by atomic mass is 10.0. The molecule has 0 atom stereocenters. The number of carbonyl (C=O) groups is 3. The van der Waals surface area contributed by atoms with Crippen LogP contribution in [0.2, 0.25) is 0 Å². The quantitative estimate of drug-likeness (QED) is 0.418. The van der Waals surface area contributed by atoms with Crippen molar-refractivity contribution in [3.05, 3.63) is 68.9 Å².